The molecule has 3 aromatic rings. The van der Waals surface area contributed by atoms with Crippen LogP contribution in [0.4, 0.5) is 11.4 Å². The number of thioether (sulfide) groups is 1. The van der Waals surface area contributed by atoms with E-state index in [-0.39, 0.29) is 17.3 Å². The molecule has 0 spiro atoms. The molecule has 3 atom stereocenters. The Labute approximate surface area is 185 Å². The molecule has 0 saturated heterocycles. The van der Waals surface area contributed by atoms with Gasteiger partial charge < -0.3 is 16.0 Å². The Morgan fingerprint density at radius 2 is 1.83 bits per heavy atom. The van der Waals surface area contributed by atoms with Crippen molar-refractivity contribution in [1.82, 2.24) is 5.32 Å². The van der Waals surface area contributed by atoms with Gasteiger partial charge in [-0.3, -0.25) is 4.79 Å². The maximum absolute atomic E-state index is 13.1. The molecule has 30 heavy (non-hydrogen) atoms. The quantitative estimate of drug-likeness (QED) is 0.575. The summed E-state index contributed by atoms with van der Waals surface area (Å²) < 4.78 is 0. The predicted molar refractivity (Wildman–Crippen MR) is 123 cm³/mol. The monoisotopic (exact) mass is 435 g/mol. The van der Waals surface area contributed by atoms with Gasteiger partial charge in [-0.15, -0.1) is 0 Å². The van der Waals surface area contributed by atoms with Crippen LogP contribution in [0.1, 0.15) is 23.5 Å². The number of nitrogens with one attached hydrogen (secondary N) is 1. The average Bonchev–Trinajstić information content (AvgIpc) is 3.50. The normalized spacial score (nSPS) is 21.9. The highest BCUT2D eigenvalue weighted by Gasteiger charge is 2.45. The number of halogens is 1. The molecule has 3 unspecified atom stereocenters. The van der Waals surface area contributed by atoms with E-state index in [0.29, 0.717) is 17.5 Å². The number of hydrogen-bond donors (Lipinski definition) is 2. The number of benzene rings is 3. The minimum atomic E-state index is -0.267. The summed E-state index contributed by atoms with van der Waals surface area (Å²) in [7, 11) is 0. The lowest BCUT2D eigenvalue weighted by atomic mass is 10.1. The highest BCUT2D eigenvalue weighted by atomic mass is 35.5. The molecule has 4 nitrogen and oxygen atoms in total. The fourth-order valence-electron chi connectivity index (χ4n) is 4.16. The Morgan fingerprint density at radius 3 is 2.63 bits per heavy atom. The van der Waals surface area contributed by atoms with Gasteiger partial charge in [0.15, 0.2) is 5.50 Å². The molecule has 3 N–H and O–H groups in total. The number of carbonyl (C=O) groups excluding carboxylic acids is 1. The fraction of sp³-hybridized carbons (Fsp3) is 0.208. The molecule has 5 rings (SSSR count). The van der Waals surface area contributed by atoms with Gasteiger partial charge in [0.2, 0.25) is 5.91 Å². The highest BCUT2D eigenvalue weighted by molar-refractivity contribution is 8.00. The molecule has 0 aromatic heterocycles. The molecular weight excluding hydrogens is 414 g/mol. The van der Waals surface area contributed by atoms with Gasteiger partial charge in [0.25, 0.3) is 0 Å². The molecule has 152 valence electrons. The van der Waals surface area contributed by atoms with E-state index in [1.165, 1.54) is 5.56 Å². The second-order valence-corrected chi connectivity index (χ2v) is 9.16. The van der Waals surface area contributed by atoms with Crippen LogP contribution in [0, 0.1) is 5.92 Å². The number of amides is 1. The number of nitrogens with zero attached hydrogens (tertiary/aromatic N) is 1. The second-order valence-electron chi connectivity index (χ2n) is 7.63. The Hall–Kier alpha value is -2.47. The summed E-state index contributed by atoms with van der Waals surface area (Å²) in [4.78, 5) is 16.3. The van der Waals surface area contributed by atoms with Crippen LogP contribution in [0.3, 0.4) is 0 Å². The molecule has 1 saturated carbocycles. The zero-order valence-corrected chi connectivity index (χ0v) is 17.9. The summed E-state index contributed by atoms with van der Waals surface area (Å²) >= 11 is 8.25. The van der Waals surface area contributed by atoms with Crippen molar-refractivity contribution in [1.29, 1.82) is 0 Å². The predicted octanol–water partition coefficient (Wildman–Crippen LogP) is 5.25. The van der Waals surface area contributed by atoms with Gasteiger partial charge in [0.05, 0.1) is 16.4 Å². The van der Waals surface area contributed by atoms with E-state index in [1.807, 2.05) is 48.5 Å². The Morgan fingerprint density at radius 1 is 1.07 bits per heavy atom. The third-order valence-electron chi connectivity index (χ3n) is 5.75. The molecule has 1 heterocycles. The molecule has 6 heteroatoms. The molecule has 3 aromatic carbocycles. The molecule has 2 aliphatic rings. The van der Waals surface area contributed by atoms with Gasteiger partial charge in [-0.1, -0.05) is 78.0 Å². The van der Waals surface area contributed by atoms with E-state index in [2.05, 4.69) is 34.5 Å². The Balaban J connectivity index is 1.43. The fourth-order valence-corrected chi connectivity index (χ4v) is 5.63. The number of hydrogen-bond acceptors (Lipinski definition) is 4. The zero-order valence-electron chi connectivity index (χ0n) is 16.3. The summed E-state index contributed by atoms with van der Waals surface area (Å²) in [5, 5.41) is 3.89. The van der Waals surface area contributed by atoms with Crippen LogP contribution >= 0.6 is 23.4 Å². The average molecular weight is 436 g/mol. The number of fused-ring (bicyclic) bond motifs is 1. The van der Waals surface area contributed by atoms with Crippen LogP contribution in [-0.2, 0) is 11.3 Å². The number of nitrogens with two attached hydrogens (primary N) is 1. The third kappa shape index (κ3) is 3.47. The number of carbonyl (C=O) groups is 1. The van der Waals surface area contributed by atoms with Crippen LogP contribution in [0.2, 0.25) is 5.02 Å². The van der Waals surface area contributed by atoms with Gasteiger partial charge in [-0.2, -0.15) is 0 Å². The summed E-state index contributed by atoms with van der Waals surface area (Å²) in [6, 6.07) is 24.2. The second kappa shape index (κ2) is 7.99. The van der Waals surface area contributed by atoms with E-state index in [4.69, 9.17) is 17.3 Å². The zero-order chi connectivity index (χ0) is 20.7. The topological polar surface area (TPSA) is 58.4 Å². The number of para-hydroxylation sites is 2. The van der Waals surface area contributed by atoms with Crippen molar-refractivity contribution in [2.24, 2.45) is 11.7 Å². The van der Waals surface area contributed by atoms with Crippen LogP contribution < -0.4 is 16.0 Å². The van der Waals surface area contributed by atoms with Crippen molar-refractivity contribution >= 4 is 40.6 Å². The molecule has 1 aliphatic carbocycles. The molecule has 0 bridgehead atoms. The first-order chi connectivity index (χ1) is 14.7. The minimum Gasteiger partial charge on any atom is -0.326 e. The van der Waals surface area contributed by atoms with Crippen LogP contribution in [0.5, 0.6) is 0 Å². The van der Waals surface area contributed by atoms with Crippen LogP contribution in [0.25, 0.3) is 0 Å². The van der Waals surface area contributed by atoms with Gasteiger partial charge in [0, 0.05) is 17.4 Å². The minimum absolute atomic E-state index is 0.0128. The maximum atomic E-state index is 13.1. The van der Waals surface area contributed by atoms with Gasteiger partial charge >= 0.3 is 0 Å². The molecule has 1 amide bonds. The summed E-state index contributed by atoms with van der Waals surface area (Å²) in [6.07, 6.45) is 0.889. The van der Waals surface area contributed by atoms with Crippen molar-refractivity contribution in [2.45, 2.75) is 29.3 Å². The molecular formula is C24H22ClN3OS. The van der Waals surface area contributed by atoms with Crippen LogP contribution in [-0.4, -0.2) is 11.4 Å². The van der Waals surface area contributed by atoms with E-state index < -0.39 is 0 Å². The first-order valence-corrected chi connectivity index (χ1v) is 11.3. The van der Waals surface area contributed by atoms with Crippen molar-refractivity contribution in [3.63, 3.8) is 0 Å². The van der Waals surface area contributed by atoms with Crippen LogP contribution in [0.15, 0.2) is 77.7 Å². The van der Waals surface area contributed by atoms with Gasteiger partial charge in [-0.25, -0.2) is 0 Å². The van der Waals surface area contributed by atoms with E-state index in [1.54, 1.807) is 11.8 Å². The number of rotatable bonds is 5. The summed E-state index contributed by atoms with van der Waals surface area (Å²) in [6.45, 7) is 0.374. The molecule has 1 aliphatic heterocycles. The summed E-state index contributed by atoms with van der Waals surface area (Å²) in [5.41, 5.74) is 9.82. The van der Waals surface area contributed by atoms with Crippen molar-refractivity contribution in [3.8, 4) is 0 Å². The first kappa shape index (κ1) is 19.5. The Bertz CT molecular complexity index is 1090. The van der Waals surface area contributed by atoms with Crippen molar-refractivity contribution < 1.29 is 4.79 Å². The summed E-state index contributed by atoms with van der Waals surface area (Å²) in [5.74, 6) is 0.396. The third-order valence-corrected chi connectivity index (χ3v) is 7.21. The standard InChI is InChI=1S/C24H22ClN3OS/c25-19-10-6-9-16(14-26)22(19)28-20-11-4-5-12-21(20)30-24(28)27-23(29)18-13-17(18)15-7-2-1-3-8-15/h1-12,17-18,24H,13-14,26H2,(H,27,29). The highest BCUT2D eigenvalue weighted by Crippen LogP contribution is 2.51. The van der Waals surface area contributed by atoms with Crippen molar-refractivity contribution in [2.75, 3.05) is 4.90 Å². The largest absolute Gasteiger partial charge is 0.326 e. The van der Waals surface area contributed by atoms with Crippen molar-refractivity contribution in [3.05, 3.63) is 88.9 Å². The maximum Gasteiger partial charge on any atom is 0.226 e. The van der Waals surface area contributed by atoms with E-state index in [9.17, 15) is 4.79 Å². The first-order valence-electron chi connectivity index (χ1n) is 10.0. The smallest absolute Gasteiger partial charge is 0.226 e. The van der Waals surface area contributed by atoms with Gasteiger partial charge in [-0.05, 0) is 41.7 Å². The SMILES string of the molecule is NCc1cccc(Cl)c1N1c2ccccc2SC1NC(=O)C1CC1c1ccccc1. The van der Waals surface area contributed by atoms with Gasteiger partial charge in [0.1, 0.15) is 0 Å². The number of anilines is 2. The Kier molecular flexibility index (Phi) is 5.19. The molecule has 0 radical (unpaired) electrons. The van der Waals surface area contributed by atoms with E-state index in [0.717, 1.165) is 28.3 Å². The molecule has 1 fully saturated rings. The van der Waals surface area contributed by atoms with E-state index >= 15 is 0 Å². The lowest BCUT2D eigenvalue weighted by molar-refractivity contribution is -0.122. The lowest BCUT2D eigenvalue weighted by Gasteiger charge is -2.30. The lowest BCUT2D eigenvalue weighted by Crippen LogP contribution is -2.42.